The number of sulfonamides is 1. The van der Waals surface area contributed by atoms with E-state index < -0.39 is 25.6 Å². The topological polar surface area (TPSA) is 82.1 Å². The summed E-state index contributed by atoms with van der Waals surface area (Å²) in [6.45, 7) is 4.05. The van der Waals surface area contributed by atoms with Crippen molar-refractivity contribution >= 4 is 20.1 Å². The summed E-state index contributed by atoms with van der Waals surface area (Å²) in [7, 11) is -7.35. The molecule has 3 atom stereocenters. The molecule has 1 unspecified atom stereocenters. The summed E-state index contributed by atoms with van der Waals surface area (Å²) in [6.07, 6.45) is 6.22. The van der Waals surface area contributed by atoms with Gasteiger partial charge in [-0.1, -0.05) is 74.9 Å². The summed E-state index contributed by atoms with van der Waals surface area (Å²) >= 11 is 0. The van der Waals surface area contributed by atoms with Gasteiger partial charge in [-0.3, -0.25) is 0 Å². The summed E-state index contributed by atoms with van der Waals surface area (Å²) in [5, 5.41) is 0. The molecule has 29 heavy (non-hydrogen) atoms. The Kier molecular flexibility index (Phi) is 7.27. The summed E-state index contributed by atoms with van der Waals surface area (Å²) in [4.78, 5) is 0.442. The Balaban J connectivity index is 1.86. The van der Waals surface area contributed by atoms with Crippen LogP contribution in [-0.4, -0.2) is 24.5 Å². The lowest BCUT2D eigenvalue weighted by atomic mass is 10.1. The van der Waals surface area contributed by atoms with Crippen LogP contribution in [0.2, 0.25) is 0 Å². The molecule has 0 aliphatic carbocycles. The normalized spacial score (nSPS) is 20.8. The molecule has 0 spiro atoms. The predicted molar refractivity (Wildman–Crippen MR) is 116 cm³/mol. The molecular weight excluding hydrogens is 406 g/mol. The molecule has 3 rings (SSSR count). The van der Waals surface area contributed by atoms with E-state index >= 15 is 0 Å². The predicted octanol–water partition coefficient (Wildman–Crippen LogP) is 5.30. The van der Waals surface area contributed by atoms with Crippen molar-refractivity contribution in [1.29, 1.82) is 0 Å². The number of benzene rings is 2. The molecular formula is C22H29NO4S2. The summed E-state index contributed by atoms with van der Waals surface area (Å²) < 4.78 is 49.4. The third kappa shape index (κ3) is 5.54. The fraction of sp³-hybridized carbons (Fsp3) is 0.455. The fourth-order valence-corrected chi connectivity index (χ4v) is 7.63. The smallest absolute Gasteiger partial charge is 0.317 e. The van der Waals surface area contributed by atoms with Crippen LogP contribution in [0.25, 0.3) is 0 Å². The Morgan fingerprint density at radius 2 is 1.66 bits per heavy atom. The molecule has 1 fully saturated rings. The van der Waals surface area contributed by atoms with Gasteiger partial charge in [0.1, 0.15) is 11.0 Å². The van der Waals surface area contributed by atoms with Gasteiger partial charge in [0.05, 0.1) is 4.90 Å². The van der Waals surface area contributed by atoms with Crippen LogP contribution in [0, 0.1) is 6.92 Å². The molecule has 1 saturated heterocycles. The van der Waals surface area contributed by atoms with Gasteiger partial charge in [-0.25, -0.2) is 0 Å². The van der Waals surface area contributed by atoms with Gasteiger partial charge >= 0.3 is 10.0 Å². The molecule has 2 aromatic carbocycles. The van der Waals surface area contributed by atoms with E-state index in [1.807, 2.05) is 6.92 Å². The summed E-state index contributed by atoms with van der Waals surface area (Å²) in [5.41, 5.74) is 0.262. The number of epoxide rings is 1. The molecule has 7 heteroatoms. The monoisotopic (exact) mass is 435 g/mol. The highest BCUT2D eigenvalue weighted by Crippen LogP contribution is 2.41. The third-order valence-electron chi connectivity index (χ3n) is 5.05. The number of aryl methyl sites for hydroxylation is 1. The number of rotatable bonds is 10. The van der Waals surface area contributed by atoms with E-state index in [4.69, 9.17) is 4.74 Å². The van der Waals surface area contributed by atoms with Crippen molar-refractivity contribution in [3.63, 3.8) is 0 Å². The molecule has 0 bridgehead atoms. The minimum Gasteiger partial charge on any atom is -0.623 e. The van der Waals surface area contributed by atoms with Crippen LogP contribution in [0.3, 0.4) is 0 Å². The molecule has 0 radical (unpaired) electrons. The van der Waals surface area contributed by atoms with E-state index in [9.17, 15) is 13.0 Å². The first-order valence-corrected chi connectivity index (χ1v) is 13.2. The first-order valence-electron chi connectivity index (χ1n) is 10.2. The molecule has 0 amide bonds. The van der Waals surface area contributed by atoms with Crippen LogP contribution in [0.15, 0.2) is 68.2 Å². The molecule has 0 N–H and O–H groups in total. The van der Waals surface area contributed by atoms with Gasteiger partial charge in [-0.05, 0) is 41.4 Å². The minimum absolute atomic E-state index is 0.0449. The zero-order chi connectivity index (χ0) is 20.9. The van der Waals surface area contributed by atoms with E-state index in [1.54, 1.807) is 42.5 Å². The van der Waals surface area contributed by atoms with Crippen molar-refractivity contribution in [3.8, 4) is 0 Å². The number of hydrogen-bond acceptors (Lipinski definition) is 4. The van der Waals surface area contributed by atoms with Gasteiger partial charge in [-0.2, -0.15) is 8.42 Å². The molecule has 0 saturated carbocycles. The SMILES string of the molecule is CCCCCCC[C@@H]1O[C@H]1[S+]([O-])(=NS(=O)(=O)c1ccc(C)cc1)c1ccccc1. The lowest BCUT2D eigenvalue weighted by molar-refractivity contribution is 0.376. The number of unbranched alkanes of at least 4 members (excludes halogenated alkanes) is 4. The molecule has 1 heterocycles. The second kappa shape index (κ2) is 9.51. The van der Waals surface area contributed by atoms with Gasteiger partial charge in [0.15, 0.2) is 0 Å². The van der Waals surface area contributed by atoms with Crippen molar-refractivity contribution in [2.75, 3.05) is 0 Å². The van der Waals surface area contributed by atoms with Crippen LogP contribution in [0.5, 0.6) is 0 Å². The molecule has 0 aromatic heterocycles. The van der Waals surface area contributed by atoms with Crippen LogP contribution in [-0.2, 0) is 24.9 Å². The average Bonchev–Trinajstić information content (AvgIpc) is 3.49. The lowest BCUT2D eigenvalue weighted by Gasteiger charge is -2.19. The Bertz CT molecular complexity index is 956. The molecule has 1 aliphatic rings. The maximum absolute atomic E-state index is 13.9. The van der Waals surface area contributed by atoms with E-state index in [0.29, 0.717) is 4.90 Å². The lowest BCUT2D eigenvalue weighted by Crippen LogP contribution is -2.22. The van der Waals surface area contributed by atoms with Gasteiger partial charge in [-0.15, -0.1) is 0 Å². The zero-order valence-corrected chi connectivity index (χ0v) is 18.6. The maximum Gasteiger partial charge on any atom is 0.317 e. The maximum atomic E-state index is 13.9. The van der Waals surface area contributed by atoms with Crippen LogP contribution in [0.4, 0.5) is 0 Å². The van der Waals surface area contributed by atoms with Crippen molar-refractivity contribution < 1.29 is 17.7 Å². The van der Waals surface area contributed by atoms with Crippen molar-refractivity contribution in [3.05, 3.63) is 60.2 Å². The first kappa shape index (κ1) is 22.2. The molecule has 2 aromatic rings. The van der Waals surface area contributed by atoms with Crippen molar-refractivity contribution in [2.45, 2.75) is 73.7 Å². The van der Waals surface area contributed by atoms with Gasteiger partial charge in [0.25, 0.3) is 0 Å². The highest BCUT2D eigenvalue weighted by atomic mass is 32.3. The van der Waals surface area contributed by atoms with Crippen LogP contribution < -0.4 is 0 Å². The standard InChI is InChI=1S/C22H29NO4S2/c1-3-4-5-6-10-13-21-22(27-21)28(24,19-11-8-7-9-12-19)23-29(25,26)20-16-14-18(2)15-17-20/h7-9,11-12,14-17,21-22H,3-6,10,13H2,1-2H3/t21-,22-,28?/m0/s1. The Hall–Kier alpha value is -1.54. The van der Waals surface area contributed by atoms with E-state index in [1.165, 1.54) is 31.4 Å². The molecule has 5 nitrogen and oxygen atoms in total. The minimum atomic E-state index is -4.07. The van der Waals surface area contributed by atoms with Crippen LogP contribution in [0.1, 0.15) is 51.0 Å². The Morgan fingerprint density at radius 1 is 1.00 bits per heavy atom. The fourth-order valence-electron chi connectivity index (χ4n) is 3.30. The summed E-state index contributed by atoms with van der Waals surface area (Å²) in [6, 6.07) is 15.0. The van der Waals surface area contributed by atoms with Crippen molar-refractivity contribution in [1.82, 2.24) is 0 Å². The highest BCUT2D eigenvalue weighted by Gasteiger charge is 2.53. The van der Waals surface area contributed by atoms with Gasteiger partial charge in [0.2, 0.25) is 5.44 Å². The second-order valence-electron chi connectivity index (χ2n) is 7.49. The number of nitrogens with zero attached hydrogens (tertiary/aromatic N) is 1. The highest BCUT2D eigenvalue weighted by molar-refractivity contribution is 8.07. The average molecular weight is 436 g/mol. The molecule has 158 valence electrons. The van der Waals surface area contributed by atoms with Crippen molar-refractivity contribution in [2.24, 2.45) is 3.77 Å². The largest absolute Gasteiger partial charge is 0.623 e. The van der Waals surface area contributed by atoms with E-state index in [0.717, 1.165) is 24.8 Å². The first-order chi connectivity index (χ1) is 13.9. The quantitative estimate of drug-likeness (QED) is 0.288. The van der Waals surface area contributed by atoms with E-state index in [2.05, 4.69) is 10.7 Å². The Labute approximate surface area is 175 Å². The second-order valence-corrected chi connectivity index (χ2v) is 11.6. The Morgan fingerprint density at radius 3 is 2.31 bits per heavy atom. The molecule has 1 aliphatic heterocycles. The summed E-state index contributed by atoms with van der Waals surface area (Å²) in [5.74, 6) is 0. The number of ether oxygens (including phenoxy) is 1. The van der Waals surface area contributed by atoms with E-state index in [-0.39, 0.29) is 11.0 Å². The van der Waals surface area contributed by atoms with Crippen LogP contribution >= 0.6 is 0 Å². The number of hydrogen-bond donors (Lipinski definition) is 0. The third-order valence-corrected chi connectivity index (χ3v) is 9.58. The zero-order valence-electron chi connectivity index (χ0n) is 17.0. The van der Waals surface area contributed by atoms with Gasteiger partial charge < -0.3 is 9.29 Å². The van der Waals surface area contributed by atoms with Gasteiger partial charge in [0, 0.05) is 10.1 Å².